The molecule has 0 radical (unpaired) electrons. The molecule has 0 atom stereocenters. The van der Waals surface area contributed by atoms with E-state index in [1.165, 1.54) is 5.56 Å². The van der Waals surface area contributed by atoms with Gasteiger partial charge in [0.2, 0.25) is 0 Å². The van der Waals surface area contributed by atoms with E-state index in [0.717, 1.165) is 37.3 Å². The van der Waals surface area contributed by atoms with Gasteiger partial charge in [0.25, 0.3) is 0 Å². The number of carboxylic acids is 1. The van der Waals surface area contributed by atoms with Gasteiger partial charge in [0.15, 0.2) is 0 Å². The molecule has 0 unspecified atom stereocenters. The Bertz CT molecular complexity index is 412. The normalized spacial score (nSPS) is 17.2. The van der Waals surface area contributed by atoms with E-state index in [1.54, 1.807) is 0 Å². The predicted molar refractivity (Wildman–Crippen MR) is 71.9 cm³/mol. The minimum absolute atomic E-state index is 0.500. The Morgan fingerprint density at radius 1 is 1.33 bits per heavy atom. The van der Waals surface area contributed by atoms with Gasteiger partial charge in [-0.2, -0.15) is 0 Å². The van der Waals surface area contributed by atoms with Crippen LogP contribution in [0.1, 0.15) is 24.8 Å². The van der Waals surface area contributed by atoms with E-state index in [1.807, 2.05) is 24.3 Å². The number of rotatable bonds is 6. The predicted octanol–water partition coefficient (Wildman–Crippen LogP) is 2.73. The molecule has 4 heteroatoms. The van der Waals surface area contributed by atoms with Gasteiger partial charge in [-0.1, -0.05) is 30.2 Å². The zero-order valence-electron chi connectivity index (χ0n) is 10.3. The lowest BCUT2D eigenvalue weighted by atomic mass is 9.69. The summed E-state index contributed by atoms with van der Waals surface area (Å²) < 4.78 is 0. The van der Waals surface area contributed by atoms with Gasteiger partial charge in [0.1, 0.15) is 0 Å². The molecular formula is C14H18ClNO2. The Hall–Kier alpha value is -1.06. The average Bonchev–Trinajstić information content (AvgIpc) is 2.29. The van der Waals surface area contributed by atoms with E-state index in [9.17, 15) is 9.90 Å². The molecule has 18 heavy (non-hydrogen) atoms. The van der Waals surface area contributed by atoms with Crippen molar-refractivity contribution in [1.82, 2.24) is 5.32 Å². The fourth-order valence-electron chi connectivity index (χ4n) is 2.28. The van der Waals surface area contributed by atoms with Gasteiger partial charge >= 0.3 is 5.97 Å². The van der Waals surface area contributed by atoms with Gasteiger partial charge in [-0.25, -0.2) is 0 Å². The van der Waals surface area contributed by atoms with Crippen molar-refractivity contribution < 1.29 is 9.90 Å². The minimum Gasteiger partial charge on any atom is -0.481 e. The van der Waals surface area contributed by atoms with Crippen LogP contribution < -0.4 is 5.32 Å². The van der Waals surface area contributed by atoms with Gasteiger partial charge in [0, 0.05) is 11.6 Å². The van der Waals surface area contributed by atoms with Crippen LogP contribution in [-0.4, -0.2) is 24.2 Å². The zero-order valence-corrected chi connectivity index (χ0v) is 11.0. The molecule has 1 aliphatic carbocycles. The second kappa shape index (κ2) is 5.72. The summed E-state index contributed by atoms with van der Waals surface area (Å²) in [4.78, 5) is 11.2. The van der Waals surface area contributed by atoms with Crippen molar-refractivity contribution in [3.63, 3.8) is 0 Å². The van der Waals surface area contributed by atoms with Crippen molar-refractivity contribution in [2.75, 3.05) is 13.1 Å². The number of nitrogens with one attached hydrogen (secondary N) is 1. The molecule has 0 amide bonds. The lowest BCUT2D eigenvalue weighted by Crippen LogP contribution is -2.46. The Morgan fingerprint density at radius 2 is 2.00 bits per heavy atom. The summed E-state index contributed by atoms with van der Waals surface area (Å²) in [5.74, 6) is -0.659. The quantitative estimate of drug-likeness (QED) is 0.779. The second-order valence-corrected chi connectivity index (χ2v) is 5.43. The molecule has 0 heterocycles. The van der Waals surface area contributed by atoms with E-state index in [2.05, 4.69) is 5.32 Å². The van der Waals surface area contributed by atoms with E-state index in [-0.39, 0.29) is 0 Å². The summed E-state index contributed by atoms with van der Waals surface area (Å²) in [5, 5.41) is 13.2. The van der Waals surface area contributed by atoms with Crippen LogP contribution in [0.2, 0.25) is 5.02 Å². The van der Waals surface area contributed by atoms with Crippen molar-refractivity contribution in [2.45, 2.75) is 25.7 Å². The summed E-state index contributed by atoms with van der Waals surface area (Å²) in [5.41, 5.74) is 0.713. The first-order valence-electron chi connectivity index (χ1n) is 6.31. The van der Waals surface area contributed by atoms with E-state index in [0.29, 0.717) is 6.54 Å². The number of halogens is 1. The highest BCUT2D eigenvalue weighted by Gasteiger charge is 2.43. The molecule has 1 aromatic carbocycles. The molecule has 1 aliphatic rings. The van der Waals surface area contributed by atoms with Crippen LogP contribution in [-0.2, 0) is 11.2 Å². The lowest BCUT2D eigenvalue weighted by Gasteiger charge is -2.37. The van der Waals surface area contributed by atoms with Crippen LogP contribution in [0.5, 0.6) is 0 Å². The monoisotopic (exact) mass is 267 g/mol. The molecule has 1 saturated carbocycles. The maximum absolute atomic E-state index is 11.2. The van der Waals surface area contributed by atoms with E-state index in [4.69, 9.17) is 11.6 Å². The molecule has 1 aromatic rings. The number of hydrogen-bond acceptors (Lipinski definition) is 2. The van der Waals surface area contributed by atoms with Crippen LogP contribution in [0.3, 0.4) is 0 Å². The molecular weight excluding hydrogens is 250 g/mol. The average molecular weight is 268 g/mol. The molecule has 0 aromatic heterocycles. The third-order valence-electron chi connectivity index (χ3n) is 3.73. The minimum atomic E-state index is -0.659. The number of aliphatic carboxylic acids is 1. The zero-order chi connectivity index (χ0) is 13.0. The maximum atomic E-state index is 11.2. The summed E-state index contributed by atoms with van der Waals surface area (Å²) >= 11 is 5.81. The van der Waals surface area contributed by atoms with E-state index >= 15 is 0 Å². The largest absolute Gasteiger partial charge is 0.481 e. The highest BCUT2D eigenvalue weighted by atomic mass is 35.5. The van der Waals surface area contributed by atoms with Crippen LogP contribution in [0.15, 0.2) is 24.3 Å². The van der Waals surface area contributed by atoms with Crippen LogP contribution in [0.25, 0.3) is 0 Å². The summed E-state index contributed by atoms with van der Waals surface area (Å²) in [7, 11) is 0. The Labute approximate surface area is 112 Å². The molecule has 0 aliphatic heterocycles. The highest BCUT2D eigenvalue weighted by molar-refractivity contribution is 6.30. The van der Waals surface area contributed by atoms with Gasteiger partial charge in [-0.15, -0.1) is 0 Å². The molecule has 98 valence electrons. The number of benzene rings is 1. The highest BCUT2D eigenvalue weighted by Crippen LogP contribution is 2.40. The molecule has 0 spiro atoms. The third-order valence-corrected chi connectivity index (χ3v) is 3.98. The van der Waals surface area contributed by atoms with Gasteiger partial charge in [0.05, 0.1) is 5.41 Å². The summed E-state index contributed by atoms with van der Waals surface area (Å²) in [6.45, 7) is 1.38. The van der Waals surface area contributed by atoms with Gasteiger partial charge in [-0.3, -0.25) is 4.79 Å². The molecule has 0 saturated heterocycles. The second-order valence-electron chi connectivity index (χ2n) is 4.99. The number of hydrogen-bond donors (Lipinski definition) is 2. The lowest BCUT2D eigenvalue weighted by molar-refractivity contribution is -0.154. The number of carboxylic acid groups (broad SMARTS) is 1. The molecule has 2 N–H and O–H groups in total. The van der Waals surface area contributed by atoms with Crippen molar-refractivity contribution in [2.24, 2.45) is 5.41 Å². The number of carbonyl (C=O) groups is 1. The van der Waals surface area contributed by atoms with Crippen LogP contribution >= 0.6 is 11.6 Å². The Morgan fingerprint density at radius 3 is 2.50 bits per heavy atom. The first kappa shape index (κ1) is 13.4. The Balaban J connectivity index is 1.73. The molecule has 3 nitrogen and oxygen atoms in total. The third kappa shape index (κ3) is 3.03. The standard InChI is InChI=1S/C14H18ClNO2/c15-12-4-2-11(3-5-12)6-9-16-10-14(13(17)18)7-1-8-14/h2-5,16H,1,6-10H2,(H,17,18). The molecule has 2 rings (SSSR count). The van der Waals surface area contributed by atoms with Crippen molar-refractivity contribution in [3.05, 3.63) is 34.9 Å². The SMILES string of the molecule is O=C(O)C1(CNCCc2ccc(Cl)cc2)CCC1. The first-order chi connectivity index (χ1) is 8.62. The fraction of sp³-hybridized carbons (Fsp3) is 0.500. The van der Waals surface area contributed by atoms with Crippen molar-refractivity contribution in [3.8, 4) is 0 Å². The van der Waals surface area contributed by atoms with Crippen molar-refractivity contribution in [1.29, 1.82) is 0 Å². The van der Waals surface area contributed by atoms with Crippen LogP contribution in [0, 0.1) is 5.41 Å². The van der Waals surface area contributed by atoms with Crippen molar-refractivity contribution >= 4 is 17.6 Å². The van der Waals surface area contributed by atoms with Gasteiger partial charge < -0.3 is 10.4 Å². The fourth-order valence-corrected chi connectivity index (χ4v) is 2.41. The smallest absolute Gasteiger partial charge is 0.310 e. The molecule has 1 fully saturated rings. The summed E-state index contributed by atoms with van der Waals surface area (Å²) in [6.07, 6.45) is 3.53. The van der Waals surface area contributed by atoms with Crippen LogP contribution in [0.4, 0.5) is 0 Å². The van der Waals surface area contributed by atoms with E-state index < -0.39 is 11.4 Å². The first-order valence-corrected chi connectivity index (χ1v) is 6.69. The van der Waals surface area contributed by atoms with Gasteiger partial charge in [-0.05, 0) is 43.5 Å². The maximum Gasteiger partial charge on any atom is 0.310 e. The topological polar surface area (TPSA) is 49.3 Å². The summed E-state index contributed by atoms with van der Waals surface area (Å²) in [6, 6.07) is 7.75. The Kier molecular flexibility index (Phi) is 4.25. The molecule has 0 bridgehead atoms.